The van der Waals surface area contributed by atoms with E-state index < -0.39 is 17.9 Å². The fourth-order valence-corrected chi connectivity index (χ4v) is 4.60. The highest BCUT2D eigenvalue weighted by Crippen LogP contribution is 2.45. The van der Waals surface area contributed by atoms with E-state index in [9.17, 15) is 14.7 Å². The first kappa shape index (κ1) is 19.8. The van der Waals surface area contributed by atoms with Gasteiger partial charge in [0.25, 0.3) is 0 Å². The van der Waals surface area contributed by atoms with E-state index in [-0.39, 0.29) is 11.5 Å². The van der Waals surface area contributed by atoms with Crippen molar-refractivity contribution in [2.24, 2.45) is 0 Å². The second-order valence-electron chi connectivity index (χ2n) is 7.86. The molecular formula is C28H21NO3. The largest absolute Gasteiger partial charge is 0.478 e. The molecule has 156 valence electrons. The van der Waals surface area contributed by atoms with Gasteiger partial charge in [-0.25, -0.2) is 4.79 Å². The molecule has 4 heteroatoms. The maximum atomic E-state index is 13.7. The standard InChI is InChI=1S/C28H21NO3/c30-27(24(18-10-3-1-4-11-18)19-12-5-2-6-13-19)29-26-21-15-8-7-14-20(21)25-22(26)16-9-17-23(25)28(31)32/h1-17,24,26H,(H,29,30)(H,31,32). The highest BCUT2D eigenvalue weighted by atomic mass is 16.4. The van der Waals surface area contributed by atoms with Crippen LogP contribution in [0.4, 0.5) is 0 Å². The van der Waals surface area contributed by atoms with Crippen LogP contribution < -0.4 is 5.32 Å². The maximum Gasteiger partial charge on any atom is 0.336 e. The Labute approximate surface area is 186 Å². The summed E-state index contributed by atoms with van der Waals surface area (Å²) in [6.45, 7) is 0. The Hall–Kier alpha value is -4.18. The first-order valence-electron chi connectivity index (χ1n) is 10.5. The number of carbonyl (C=O) groups excluding carboxylic acids is 1. The summed E-state index contributed by atoms with van der Waals surface area (Å²) in [6, 6.07) is 31.9. The molecule has 0 saturated carbocycles. The zero-order valence-corrected chi connectivity index (χ0v) is 17.2. The minimum atomic E-state index is -0.977. The number of fused-ring (bicyclic) bond motifs is 3. The molecule has 32 heavy (non-hydrogen) atoms. The topological polar surface area (TPSA) is 66.4 Å². The lowest BCUT2D eigenvalue weighted by Gasteiger charge is -2.22. The molecule has 5 rings (SSSR count). The van der Waals surface area contributed by atoms with E-state index in [0.717, 1.165) is 27.8 Å². The van der Waals surface area contributed by atoms with Crippen LogP contribution in [0.15, 0.2) is 103 Å². The van der Waals surface area contributed by atoms with Crippen LogP contribution in [-0.4, -0.2) is 17.0 Å². The number of hydrogen-bond donors (Lipinski definition) is 2. The lowest BCUT2D eigenvalue weighted by molar-refractivity contribution is -0.122. The van der Waals surface area contributed by atoms with Gasteiger partial charge in [-0.2, -0.15) is 0 Å². The third-order valence-corrected chi connectivity index (χ3v) is 5.99. The minimum absolute atomic E-state index is 0.129. The predicted octanol–water partition coefficient (Wildman–Crippen LogP) is 5.40. The maximum absolute atomic E-state index is 13.7. The molecule has 0 spiro atoms. The molecule has 0 fully saturated rings. The Bertz CT molecular complexity index is 1260. The Morgan fingerprint density at radius 2 is 1.25 bits per heavy atom. The van der Waals surface area contributed by atoms with Gasteiger partial charge in [0, 0.05) is 5.56 Å². The van der Waals surface area contributed by atoms with Crippen LogP contribution in [0.5, 0.6) is 0 Å². The molecule has 1 aliphatic rings. The van der Waals surface area contributed by atoms with E-state index in [1.807, 2.05) is 91.0 Å². The van der Waals surface area contributed by atoms with Gasteiger partial charge in [0.05, 0.1) is 17.5 Å². The van der Waals surface area contributed by atoms with E-state index in [1.54, 1.807) is 12.1 Å². The van der Waals surface area contributed by atoms with Gasteiger partial charge in [0.1, 0.15) is 0 Å². The van der Waals surface area contributed by atoms with Crippen molar-refractivity contribution in [3.8, 4) is 11.1 Å². The fraction of sp³-hybridized carbons (Fsp3) is 0.0714. The molecule has 0 radical (unpaired) electrons. The predicted molar refractivity (Wildman–Crippen MR) is 124 cm³/mol. The highest BCUT2D eigenvalue weighted by molar-refractivity contribution is 6.00. The van der Waals surface area contributed by atoms with Crippen LogP contribution in [0.1, 0.15) is 44.6 Å². The monoisotopic (exact) mass is 419 g/mol. The molecular weight excluding hydrogens is 398 g/mol. The number of nitrogens with one attached hydrogen (secondary N) is 1. The quantitative estimate of drug-likeness (QED) is 0.455. The van der Waals surface area contributed by atoms with Crippen molar-refractivity contribution in [1.29, 1.82) is 0 Å². The van der Waals surface area contributed by atoms with E-state index in [1.165, 1.54) is 0 Å². The number of hydrogen-bond acceptors (Lipinski definition) is 2. The van der Waals surface area contributed by atoms with Crippen LogP contribution in [0, 0.1) is 0 Å². The minimum Gasteiger partial charge on any atom is -0.478 e. The summed E-state index contributed by atoms with van der Waals surface area (Å²) >= 11 is 0. The summed E-state index contributed by atoms with van der Waals surface area (Å²) in [5.41, 5.74) is 5.29. The smallest absolute Gasteiger partial charge is 0.336 e. The first-order valence-corrected chi connectivity index (χ1v) is 10.5. The number of carbonyl (C=O) groups is 2. The molecule has 1 aliphatic carbocycles. The van der Waals surface area contributed by atoms with Crippen LogP contribution >= 0.6 is 0 Å². The average molecular weight is 419 g/mol. The SMILES string of the molecule is O=C(O)c1cccc2c1-c1ccccc1C2NC(=O)C(c1ccccc1)c1ccccc1. The van der Waals surface area contributed by atoms with Crippen LogP contribution in [-0.2, 0) is 4.79 Å². The third-order valence-electron chi connectivity index (χ3n) is 5.99. The lowest BCUT2D eigenvalue weighted by atomic mass is 9.90. The third kappa shape index (κ3) is 3.36. The molecule has 4 aromatic rings. The average Bonchev–Trinajstić information content (AvgIpc) is 3.14. The summed E-state index contributed by atoms with van der Waals surface area (Å²) in [6.07, 6.45) is 0. The van der Waals surface area contributed by atoms with E-state index in [4.69, 9.17) is 0 Å². The van der Waals surface area contributed by atoms with Gasteiger partial charge in [0.2, 0.25) is 5.91 Å². The zero-order valence-electron chi connectivity index (χ0n) is 17.2. The molecule has 1 atom stereocenters. The Morgan fingerprint density at radius 3 is 1.88 bits per heavy atom. The molecule has 0 aliphatic heterocycles. The van der Waals surface area contributed by atoms with Crippen molar-refractivity contribution >= 4 is 11.9 Å². The molecule has 1 unspecified atom stereocenters. The Morgan fingerprint density at radius 1 is 0.688 bits per heavy atom. The molecule has 4 aromatic carbocycles. The van der Waals surface area contributed by atoms with Crippen molar-refractivity contribution in [3.63, 3.8) is 0 Å². The summed E-state index contributed by atoms with van der Waals surface area (Å²) in [5.74, 6) is -1.58. The number of benzene rings is 4. The van der Waals surface area contributed by atoms with E-state index in [0.29, 0.717) is 5.56 Å². The molecule has 0 bridgehead atoms. The first-order chi connectivity index (χ1) is 15.6. The van der Waals surface area contributed by atoms with Gasteiger partial charge < -0.3 is 10.4 Å². The molecule has 4 nitrogen and oxygen atoms in total. The van der Waals surface area contributed by atoms with Crippen LogP contribution in [0.2, 0.25) is 0 Å². The van der Waals surface area contributed by atoms with E-state index in [2.05, 4.69) is 5.32 Å². The van der Waals surface area contributed by atoms with Crippen molar-refractivity contribution in [3.05, 3.63) is 131 Å². The van der Waals surface area contributed by atoms with Gasteiger partial charge >= 0.3 is 5.97 Å². The van der Waals surface area contributed by atoms with Gasteiger partial charge in [-0.3, -0.25) is 4.79 Å². The second kappa shape index (κ2) is 8.16. The molecule has 0 saturated heterocycles. The molecule has 1 amide bonds. The highest BCUT2D eigenvalue weighted by Gasteiger charge is 2.34. The fourth-order valence-electron chi connectivity index (χ4n) is 4.60. The lowest BCUT2D eigenvalue weighted by Crippen LogP contribution is -2.33. The summed E-state index contributed by atoms with van der Waals surface area (Å²) in [7, 11) is 0. The number of rotatable bonds is 5. The summed E-state index contributed by atoms with van der Waals surface area (Å²) < 4.78 is 0. The van der Waals surface area contributed by atoms with Crippen molar-refractivity contribution in [2.75, 3.05) is 0 Å². The Kier molecular flexibility index (Phi) is 5.04. The summed E-state index contributed by atoms with van der Waals surface area (Å²) in [4.78, 5) is 25.6. The normalized spacial score (nSPS) is 14.0. The second-order valence-corrected chi connectivity index (χ2v) is 7.86. The van der Waals surface area contributed by atoms with Crippen LogP contribution in [0.3, 0.4) is 0 Å². The number of aromatic carboxylic acids is 1. The van der Waals surface area contributed by atoms with Crippen molar-refractivity contribution in [1.82, 2.24) is 5.32 Å². The van der Waals surface area contributed by atoms with Gasteiger partial charge in [-0.05, 0) is 33.9 Å². The van der Waals surface area contributed by atoms with Gasteiger partial charge in [-0.15, -0.1) is 0 Å². The van der Waals surface area contributed by atoms with Crippen molar-refractivity contribution in [2.45, 2.75) is 12.0 Å². The van der Waals surface area contributed by atoms with Gasteiger partial charge in [-0.1, -0.05) is 97.1 Å². The molecule has 2 N–H and O–H groups in total. The number of amides is 1. The summed E-state index contributed by atoms with van der Waals surface area (Å²) in [5, 5.41) is 13.0. The van der Waals surface area contributed by atoms with Gasteiger partial charge in [0.15, 0.2) is 0 Å². The van der Waals surface area contributed by atoms with Crippen LogP contribution in [0.25, 0.3) is 11.1 Å². The Balaban J connectivity index is 1.58. The van der Waals surface area contributed by atoms with Crippen molar-refractivity contribution < 1.29 is 14.7 Å². The zero-order chi connectivity index (χ0) is 22.1. The molecule has 0 heterocycles. The molecule has 0 aromatic heterocycles. The number of carboxylic acids is 1. The number of carboxylic acid groups (broad SMARTS) is 1. The van der Waals surface area contributed by atoms with E-state index >= 15 is 0 Å².